The van der Waals surface area contributed by atoms with E-state index >= 15 is 0 Å². The maximum atomic E-state index is 12.7. The minimum Gasteiger partial charge on any atom is -0.342 e. The number of aromatic nitrogens is 2. The summed E-state index contributed by atoms with van der Waals surface area (Å²) in [5.41, 5.74) is 2.75. The van der Waals surface area contributed by atoms with Gasteiger partial charge in [-0.25, -0.2) is 0 Å². The van der Waals surface area contributed by atoms with Gasteiger partial charge in [0.25, 0.3) is 0 Å². The summed E-state index contributed by atoms with van der Waals surface area (Å²) in [6.45, 7) is 8.51. The lowest BCUT2D eigenvalue weighted by Gasteiger charge is -2.32. The molecule has 0 spiro atoms. The van der Waals surface area contributed by atoms with Crippen molar-refractivity contribution in [3.63, 3.8) is 0 Å². The van der Waals surface area contributed by atoms with Crippen LogP contribution < -0.4 is 10.6 Å². The average molecular weight is 460 g/mol. The second-order valence-corrected chi connectivity index (χ2v) is 8.66. The van der Waals surface area contributed by atoms with Gasteiger partial charge in [-0.15, -0.1) is 0 Å². The Labute approximate surface area is 193 Å². The molecule has 2 N–H and O–H groups in total. The molecule has 1 aromatic heterocycles. The molecule has 1 aliphatic rings. The molecule has 0 aliphatic carbocycles. The van der Waals surface area contributed by atoms with Crippen molar-refractivity contribution in [1.82, 2.24) is 14.7 Å². The fourth-order valence-electron chi connectivity index (χ4n) is 3.97. The fraction of sp³-hybridized carbons (Fsp3) is 0.478. The first-order valence-corrected chi connectivity index (χ1v) is 11.3. The molecule has 0 radical (unpaired) electrons. The van der Waals surface area contributed by atoms with Crippen LogP contribution >= 0.6 is 11.6 Å². The zero-order valence-electron chi connectivity index (χ0n) is 18.9. The first-order chi connectivity index (χ1) is 15.2. The molecule has 1 aromatic carbocycles. The SMILES string of the molecule is CCC(=O)N1CCCC(C(=O)Nc2ccc(NC(=O)C(C)n3nc(C)cc3C)c(Cl)c2)C1. The lowest BCUT2D eigenvalue weighted by atomic mass is 9.96. The van der Waals surface area contributed by atoms with Crippen molar-refractivity contribution in [1.29, 1.82) is 0 Å². The Morgan fingerprint density at radius 1 is 1.22 bits per heavy atom. The molecule has 3 rings (SSSR count). The molecular weight excluding hydrogens is 430 g/mol. The van der Waals surface area contributed by atoms with E-state index in [0.717, 1.165) is 24.2 Å². The monoisotopic (exact) mass is 459 g/mol. The van der Waals surface area contributed by atoms with Crippen molar-refractivity contribution in [3.8, 4) is 0 Å². The molecule has 1 fully saturated rings. The number of piperidine rings is 1. The predicted molar refractivity (Wildman–Crippen MR) is 125 cm³/mol. The molecule has 32 heavy (non-hydrogen) atoms. The van der Waals surface area contributed by atoms with Gasteiger partial charge in [-0.2, -0.15) is 5.10 Å². The summed E-state index contributed by atoms with van der Waals surface area (Å²) in [6, 6.07) is 6.39. The number of anilines is 2. The van der Waals surface area contributed by atoms with Gasteiger partial charge in [0.05, 0.1) is 22.3 Å². The van der Waals surface area contributed by atoms with Gasteiger partial charge in [0, 0.05) is 30.9 Å². The zero-order valence-corrected chi connectivity index (χ0v) is 19.7. The Bertz CT molecular complexity index is 1020. The summed E-state index contributed by atoms with van der Waals surface area (Å²) in [7, 11) is 0. The second-order valence-electron chi connectivity index (χ2n) is 8.25. The first kappa shape index (κ1) is 23.8. The molecule has 2 atom stereocenters. The molecule has 1 aliphatic heterocycles. The van der Waals surface area contributed by atoms with Crippen LogP contribution in [0.3, 0.4) is 0 Å². The van der Waals surface area contributed by atoms with E-state index < -0.39 is 6.04 Å². The zero-order chi connectivity index (χ0) is 23.4. The van der Waals surface area contributed by atoms with Gasteiger partial charge in [-0.3, -0.25) is 19.1 Å². The molecule has 0 saturated carbocycles. The number of halogens is 1. The molecular formula is C23H30ClN5O3. The number of amides is 3. The highest BCUT2D eigenvalue weighted by atomic mass is 35.5. The van der Waals surface area contributed by atoms with Crippen molar-refractivity contribution in [2.45, 2.75) is 53.0 Å². The number of benzene rings is 1. The smallest absolute Gasteiger partial charge is 0.248 e. The number of nitrogens with one attached hydrogen (secondary N) is 2. The van der Waals surface area contributed by atoms with E-state index in [0.29, 0.717) is 35.9 Å². The van der Waals surface area contributed by atoms with Gasteiger partial charge < -0.3 is 15.5 Å². The Hall–Kier alpha value is -2.87. The van der Waals surface area contributed by atoms with Crippen LogP contribution in [-0.4, -0.2) is 45.5 Å². The summed E-state index contributed by atoms with van der Waals surface area (Å²) < 4.78 is 1.67. The van der Waals surface area contributed by atoms with Crippen LogP contribution in [0.15, 0.2) is 24.3 Å². The standard InChI is InChI=1S/C23H30ClN5O3/c1-5-21(30)28-10-6-7-17(13-28)23(32)25-18-8-9-20(19(24)12-18)26-22(31)16(4)29-15(3)11-14(2)27-29/h8-9,11-12,16-17H,5-7,10,13H2,1-4H3,(H,25,32)(H,26,31). The van der Waals surface area contributed by atoms with Crippen LogP contribution in [-0.2, 0) is 14.4 Å². The Kier molecular flexibility index (Phi) is 7.56. The minimum absolute atomic E-state index is 0.0698. The van der Waals surface area contributed by atoms with E-state index in [1.54, 1.807) is 34.7 Å². The van der Waals surface area contributed by atoms with E-state index in [1.165, 1.54) is 0 Å². The number of hydrogen-bond acceptors (Lipinski definition) is 4. The second kappa shape index (κ2) is 10.2. The van der Waals surface area contributed by atoms with E-state index in [-0.39, 0.29) is 23.6 Å². The third-order valence-electron chi connectivity index (χ3n) is 5.73. The van der Waals surface area contributed by atoms with Crippen LogP contribution in [0.1, 0.15) is 50.5 Å². The Morgan fingerprint density at radius 2 is 1.97 bits per heavy atom. The normalized spacial score (nSPS) is 17.0. The Morgan fingerprint density at radius 3 is 2.59 bits per heavy atom. The van der Waals surface area contributed by atoms with Crippen LogP contribution in [0, 0.1) is 19.8 Å². The van der Waals surface area contributed by atoms with Crippen molar-refractivity contribution in [3.05, 3.63) is 40.7 Å². The lowest BCUT2D eigenvalue weighted by Crippen LogP contribution is -2.43. The van der Waals surface area contributed by atoms with Crippen LogP contribution in [0.4, 0.5) is 11.4 Å². The van der Waals surface area contributed by atoms with Crippen LogP contribution in [0.5, 0.6) is 0 Å². The molecule has 2 heterocycles. The molecule has 1 saturated heterocycles. The van der Waals surface area contributed by atoms with Gasteiger partial charge in [0.15, 0.2) is 0 Å². The highest BCUT2D eigenvalue weighted by Crippen LogP contribution is 2.27. The molecule has 172 valence electrons. The summed E-state index contributed by atoms with van der Waals surface area (Å²) in [5, 5.41) is 10.4. The maximum Gasteiger partial charge on any atom is 0.248 e. The van der Waals surface area contributed by atoms with Gasteiger partial charge in [-0.05, 0) is 57.9 Å². The predicted octanol–water partition coefficient (Wildman–Crippen LogP) is 3.94. The molecule has 3 amide bonds. The van der Waals surface area contributed by atoms with Crippen molar-refractivity contribution in [2.75, 3.05) is 23.7 Å². The quantitative estimate of drug-likeness (QED) is 0.683. The minimum atomic E-state index is -0.501. The molecule has 2 aromatic rings. The number of likely N-dealkylation sites (tertiary alicyclic amines) is 1. The molecule has 0 bridgehead atoms. The average Bonchev–Trinajstić information content (AvgIpc) is 3.12. The maximum absolute atomic E-state index is 12.7. The van der Waals surface area contributed by atoms with Crippen LogP contribution in [0.25, 0.3) is 0 Å². The third-order valence-corrected chi connectivity index (χ3v) is 6.05. The van der Waals surface area contributed by atoms with Gasteiger partial charge in [-0.1, -0.05) is 18.5 Å². The number of hydrogen-bond donors (Lipinski definition) is 2. The summed E-state index contributed by atoms with van der Waals surface area (Å²) >= 11 is 6.37. The lowest BCUT2D eigenvalue weighted by molar-refractivity contribution is -0.134. The number of carbonyl (C=O) groups excluding carboxylic acids is 3. The topological polar surface area (TPSA) is 96.3 Å². The largest absolute Gasteiger partial charge is 0.342 e. The van der Waals surface area contributed by atoms with Gasteiger partial charge in [0.2, 0.25) is 17.7 Å². The number of nitrogens with zero attached hydrogens (tertiary/aromatic N) is 3. The first-order valence-electron chi connectivity index (χ1n) is 10.9. The van der Waals surface area contributed by atoms with Crippen molar-refractivity contribution in [2.24, 2.45) is 5.92 Å². The van der Waals surface area contributed by atoms with Crippen molar-refractivity contribution >= 4 is 40.7 Å². The van der Waals surface area contributed by atoms with E-state index in [1.807, 2.05) is 26.8 Å². The summed E-state index contributed by atoms with van der Waals surface area (Å²) in [5.74, 6) is -0.554. The van der Waals surface area contributed by atoms with Gasteiger partial charge in [0.1, 0.15) is 6.04 Å². The highest BCUT2D eigenvalue weighted by Gasteiger charge is 2.28. The van der Waals surface area contributed by atoms with E-state index in [4.69, 9.17) is 11.6 Å². The molecule has 2 unspecified atom stereocenters. The summed E-state index contributed by atoms with van der Waals surface area (Å²) in [4.78, 5) is 39.1. The summed E-state index contributed by atoms with van der Waals surface area (Å²) in [6.07, 6.45) is 1.99. The molecule has 9 heteroatoms. The fourth-order valence-corrected chi connectivity index (χ4v) is 4.19. The highest BCUT2D eigenvalue weighted by molar-refractivity contribution is 6.34. The third kappa shape index (κ3) is 5.48. The van der Waals surface area contributed by atoms with E-state index in [9.17, 15) is 14.4 Å². The van der Waals surface area contributed by atoms with Gasteiger partial charge >= 0.3 is 0 Å². The number of aryl methyl sites for hydroxylation is 2. The Balaban J connectivity index is 1.62. The van der Waals surface area contributed by atoms with E-state index in [2.05, 4.69) is 15.7 Å². The molecule has 8 nitrogen and oxygen atoms in total. The van der Waals surface area contributed by atoms with Crippen molar-refractivity contribution < 1.29 is 14.4 Å². The number of rotatable bonds is 6. The number of carbonyl (C=O) groups is 3. The van der Waals surface area contributed by atoms with Crippen LogP contribution in [0.2, 0.25) is 5.02 Å².